The van der Waals surface area contributed by atoms with E-state index in [2.05, 4.69) is 10.6 Å². The Morgan fingerprint density at radius 2 is 2.33 bits per heavy atom. The first kappa shape index (κ1) is 12.5. The van der Waals surface area contributed by atoms with Crippen LogP contribution in [0.25, 0.3) is 0 Å². The largest absolute Gasteiger partial charge is 0.394 e. The summed E-state index contributed by atoms with van der Waals surface area (Å²) < 4.78 is 0. The molecular weight excluding hydrogens is 192 g/mol. The van der Waals surface area contributed by atoms with E-state index in [1.165, 1.54) is 0 Å². The average Bonchev–Trinajstić information content (AvgIpc) is 2.30. The lowest BCUT2D eigenvalue weighted by molar-refractivity contribution is -0.126. The predicted octanol–water partition coefficient (Wildman–Crippen LogP) is 0.406. The van der Waals surface area contributed by atoms with E-state index in [-0.39, 0.29) is 18.6 Å². The summed E-state index contributed by atoms with van der Waals surface area (Å²) in [5.74, 6) is 0.0214. The zero-order valence-corrected chi connectivity index (χ0v) is 9.68. The standard InChI is InChI=1S/C11H22N2O2/c1-3-11(2,8-14)13-10(15)9-6-4-5-7-12-9/h9,12,14H,3-8H2,1-2H3,(H,13,15)/t9-,11?/m1/s1. The highest BCUT2D eigenvalue weighted by Crippen LogP contribution is 2.11. The van der Waals surface area contributed by atoms with Crippen LogP contribution in [0.3, 0.4) is 0 Å². The summed E-state index contributed by atoms with van der Waals surface area (Å²) in [7, 11) is 0. The Morgan fingerprint density at radius 1 is 1.60 bits per heavy atom. The van der Waals surface area contributed by atoms with Gasteiger partial charge in [0, 0.05) is 0 Å². The molecule has 0 spiro atoms. The molecule has 4 nitrogen and oxygen atoms in total. The molecule has 1 unspecified atom stereocenters. The van der Waals surface area contributed by atoms with Gasteiger partial charge in [-0.05, 0) is 32.7 Å². The lowest BCUT2D eigenvalue weighted by Crippen LogP contribution is -2.55. The van der Waals surface area contributed by atoms with Gasteiger partial charge in [0.2, 0.25) is 5.91 Å². The first-order chi connectivity index (χ1) is 7.11. The Bertz CT molecular complexity index is 209. The smallest absolute Gasteiger partial charge is 0.237 e. The van der Waals surface area contributed by atoms with Gasteiger partial charge in [-0.3, -0.25) is 4.79 Å². The van der Waals surface area contributed by atoms with Crippen molar-refractivity contribution in [3.8, 4) is 0 Å². The van der Waals surface area contributed by atoms with E-state index in [0.717, 1.165) is 32.2 Å². The van der Waals surface area contributed by atoms with Crippen molar-refractivity contribution >= 4 is 5.91 Å². The van der Waals surface area contributed by atoms with E-state index in [4.69, 9.17) is 0 Å². The van der Waals surface area contributed by atoms with E-state index >= 15 is 0 Å². The molecule has 88 valence electrons. The Hall–Kier alpha value is -0.610. The second kappa shape index (κ2) is 5.47. The third-order valence-corrected chi connectivity index (χ3v) is 3.18. The van der Waals surface area contributed by atoms with Crippen LogP contribution in [0.4, 0.5) is 0 Å². The van der Waals surface area contributed by atoms with E-state index in [1.54, 1.807) is 0 Å². The lowest BCUT2D eigenvalue weighted by Gasteiger charge is -2.31. The van der Waals surface area contributed by atoms with Crippen molar-refractivity contribution in [1.82, 2.24) is 10.6 Å². The summed E-state index contributed by atoms with van der Waals surface area (Å²) in [6.45, 7) is 4.74. The second-order valence-electron chi connectivity index (χ2n) is 4.56. The molecule has 4 heteroatoms. The Kier molecular flexibility index (Phi) is 4.54. The van der Waals surface area contributed by atoms with E-state index in [0.29, 0.717) is 0 Å². The van der Waals surface area contributed by atoms with Crippen molar-refractivity contribution < 1.29 is 9.90 Å². The van der Waals surface area contributed by atoms with Gasteiger partial charge in [-0.25, -0.2) is 0 Å². The van der Waals surface area contributed by atoms with Gasteiger partial charge in [0.05, 0.1) is 18.2 Å². The van der Waals surface area contributed by atoms with Crippen molar-refractivity contribution in [3.05, 3.63) is 0 Å². The van der Waals surface area contributed by atoms with Gasteiger partial charge in [0.25, 0.3) is 0 Å². The topological polar surface area (TPSA) is 61.4 Å². The van der Waals surface area contributed by atoms with Crippen molar-refractivity contribution in [3.63, 3.8) is 0 Å². The summed E-state index contributed by atoms with van der Waals surface area (Å²) in [5, 5.41) is 15.3. The van der Waals surface area contributed by atoms with Gasteiger partial charge in [0.15, 0.2) is 0 Å². The number of aliphatic hydroxyl groups is 1. The lowest BCUT2D eigenvalue weighted by atomic mass is 9.98. The van der Waals surface area contributed by atoms with Gasteiger partial charge >= 0.3 is 0 Å². The number of piperidine rings is 1. The van der Waals surface area contributed by atoms with Crippen LogP contribution in [0.5, 0.6) is 0 Å². The molecule has 0 bridgehead atoms. The molecule has 1 heterocycles. The maximum atomic E-state index is 11.8. The molecule has 0 aliphatic carbocycles. The highest BCUT2D eigenvalue weighted by atomic mass is 16.3. The summed E-state index contributed by atoms with van der Waals surface area (Å²) in [4.78, 5) is 11.8. The molecule has 1 aliphatic heterocycles. The van der Waals surface area contributed by atoms with Crippen LogP contribution in [0.15, 0.2) is 0 Å². The third kappa shape index (κ3) is 3.47. The van der Waals surface area contributed by atoms with Crippen LogP contribution in [-0.2, 0) is 4.79 Å². The van der Waals surface area contributed by atoms with Crippen molar-refractivity contribution in [2.75, 3.05) is 13.2 Å². The van der Waals surface area contributed by atoms with Crippen molar-refractivity contribution in [2.24, 2.45) is 0 Å². The Morgan fingerprint density at radius 3 is 2.80 bits per heavy atom. The zero-order valence-electron chi connectivity index (χ0n) is 9.68. The number of aliphatic hydroxyl groups excluding tert-OH is 1. The minimum absolute atomic E-state index is 0.0119. The molecule has 0 saturated carbocycles. The molecule has 2 atom stereocenters. The van der Waals surface area contributed by atoms with Crippen molar-refractivity contribution in [2.45, 2.75) is 51.1 Å². The van der Waals surface area contributed by atoms with Gasteiger partial charge in [-0.2, -0.15) is 0 Å². The fourth-order valence-corrected chi connectivity index (χ4v) is 1.70. The number of amides is 1. The van der Waals surface area contributed by atoms with Crippen molar-refractivity contribution in [1.29, 1.82) is 0 Å². The van der Waals surface area contributed by atoms with Crippen LogP contribution in [0.2, 0.25) is 0 Å². The zero-order chi connectivity index (χ0) is 11.3. The number of rotatable bonds is 4. The maximum absolute atomic E-state index is 11.8. The third-order valence-electron chi connectivity index (χ3n) is 3.18. The van der Waals surface area contributed by atoms with Crippen LogP contribution in [0.1, 0.15) is 39.5 Å². The van der Waals surface area contributed by atoms with Gasteiger partial charge < -0.3 is 15.7 Å². The summed E-state index contributed by atoms with van der Waals surface area (Å²) >= 11 is 0. The molecule has 1 rings (SSSR count). The molecule has 0 radical (unpaired) electrons. The van der Waals surface area contributed by atoms with E-state index in [9.17, 15) is 9.90 Å². The maximum Gasteiger partial charge on any atom is 0.237 e. The molecular formula is C11H22N2O2. The Balaban J connectivity index is 2.46. The monoisotopic (exact) mass is 214 g/mol. The first-order valence-corrected chi connectivity index (χ1v) is 5.77. The quantitative estimate of drug-likeness (QED) is 0.635. The molecule has 1 amide bonds. The highest BCUT2D eigenvalue weighted by molar-refractivity contribution is 5.82. The molecule has 3 N–H and O–H groups in total. The van der Waals surface area contributed by atoms with Crippen LogP contribution >= 0.6 is 0 Å². The number of carbonyl (C=O) groups excluding carboxylic acids is 1. The molecule has 1 aliphatic rings. The molecule has 0 aromatic rings. The van der Waals surface area contributed by atoms with Crippen LogP contribution in [-0.4, -0.2) is 35.7 Å². The van der Waals surface area contributed by atoms with Crippen LogP contribution < -0.4 is 10.6 Å². The highest BCUT2D eigenvalue weighted by Gasteiger charge is 2.28. The SMILES string of the molecule is CCC(C)(CO)NC(=O)[C@H]1CCCCN1. The molecule has 0 aromatic heterocycles. The fraction of sp³-hybridized carbons (Fsp3) is 0.909. The molecule has 1 saturated heterocycles. The summed E-state index contributed by atoms with van der Waals surface area (Å²) in [6, 6.07) is -0.0730. The number of hydrogen-bond acceptors (Lipinski definition) is 3. The van der Waals surface area contributed by atoms with Gasteiger partial charge in [0.1, 0.15) is 0 Å². The van der Waals surface area contributed by atoms with Gasteiger partial charge in [-0.15, -0.1) is 0 Å². The number of carbonyl (C=O) groups is 1. The Labute approximate surface area is 91.4 Å². The second-order valence-corrected chi connectivity index (χ2v) is 4.56. The molecule has 1 fully saturated rings. The average molecular weight is 214 g/mol. The predicted molar refractivity (Wildman–Crippen MR) is 59.6 cm³/mol. The molecule has 15 heavy (non-hydrogen) atoms. The van der Waals surface area contributed by atoms with Gasteiger partial charge in [-0.1, -0.05) is 13.3 Å². The fourth-order valence-electron chi connectivity index (χ4n) is 1.70. The molecule has 0 aromatic carbocycles. The number of nitrogens with one attached hydrogen (secondary N) is 2. The minimum Gasteiger partial charge on any atom is -0.394 e. The van der Waals surface area contributed by atoms with Crippen LogP contribution in [0, 0.1) is 0 Å². The normalized spacial score (nSPS) is 25.7. The first-order valence-electron chi connectivity index (χ1n) is 5.77. The van der Waals surface area contributed by atoms with E-state index < -0.39 is 5.54 Å². The number of hydrogen-bond donors (Lipinski definition) is 3. The summed E-state index contributed by atoms with van der Waals surface area (Å²) in [5.41, 5.74) is -0.476. The summed E-state index contributed by atoms with van der Waals surface area (Å²) in [6.07, 6.45) is 3.89. The van der Waals surface area contributed by atoms with E-state index in [1.807, 2.05) is 13.8 Å². The minimum atomic E-state index is -0.476.